The number of piperidine rings is 1. The molecule has 0 radical (unpaired) electrons. The van der Waals surface area contributed by atoms with Gasteiger partial charge in [0.05, 0.1) is 0 Å². The molecule has 0 aromatic rings. The van der Waals surface area contributed by atoms with Crippen LogP contribution in [0, 0.1) is 11.8 Å². The molecule has 1 N–H and O–H groups in total. The molecule has 19 heavy (non-hydrogen) atoms. The highest BCUT2D eigenvalue weighted by Crippen LogP contribution is 2.33. The van der Waals surface area contributed by atoms with Crippen molar-refractivity contribution in [3.8, 4) is 0 Å². The minimum Gasteiger partial charge on any atom is -0.342 e. The number of fused-ring (bicyclic) bond motifs is 2. The molecule has 0 aromatic carbocycles. The van der Waals surface area contributed by atoms with Crippen molar-refractivity contribution in [3.63, 3.8) is 0 Å². The summed E-state index contributed by atoms with van der Waals surface area (Å²) in [6.07, 6.45) is 9.66. The van der Waals surface area contributed by atoms with Gasteiger partial charge in [-0.2, -0.15) is 0 Å². The summed E-state index contributed by atoms with van der Waals surface area (Å²) in [6, 6.07) is 1.83. The summed E-state index contributed by atoms with van der Waals surface area (Å²) >= 11 is 0. The minimum atomic E-state index is 0.314. The quantitative estimate of drug-likeness (QED) is 0.831. The number of nitrogens with one attached hydrogen (secondary N) is 1. The van der Waals surface area contributed by atoms with Gasteiger partial charge in [-0.1, -0.05) is 6.92 Å². The van der Waals surface area contributed by atoms with Gasteiger partial charge in [0.25, 0.3) is 0 Å². The summed E-state index contributed by atoms with van der Waals surface area (Å²) in [5.41, 5.74) is 0. The third-order valence-corrected chi connectivity index (χ3v) is 5.71. The van der Waals surface area contributed by atoms with Crippen molar-refractivity contribution in [2.45, 2.75) is 76.4 Å². The molecular formula is C16H28N2O. The van der Waals surface area contributed by atoms with Crippen LogP contribution in [0.1, 0.15) is 58.3 Å². The smallest absolute Gasteiger partial charge is 0.225 e. The lowest BCUT2D eigenvalue weighted by Crippen LogP contribution is -2.50. The maximum absolute atomic E-state index is 12.6. The predicted octanol–water partition coefficient (Wildman–Crippen LogP) is 2.55. The summed E-state index contributed by atoms with van der Waals surface area (Å²) in [5, 5.41) is 3.66. The van der Waals surface area contributed by atoms with Gasteiger partial charge < -0.3 is 10.2 Å². The Morgan fingerprint density at radius 3 is 2.16 bits per heavy atom. The molecule has 3 fully saturated rings. The summed E-state index contributed by atoms with van der Waals surface area (Å²) in [4.78, 5) is 14.7. The molecule has 2 saturated heterocycles. The number of carbonyl (C=O) groups excluding carboxylic acids is 1. The van der Waals surface area contributed by atoms with Crippen LogP contribution in [-0.4, -0.2) is 36.0 Å². The van der Waals surface area contributed by atoms with Gasteiger partial charge in [-0.3, -0.25) is 4.79 Å². The monoisotopic (exact) mass is 264 g/mol. The lowest BCUT2D eigenvalue weighted by molar-refractivity contribution is -0.138. The summed E-state index contributed by atoms with van der Waals surface area (Å²) in [7, 11) is 2.05. The molecule has 3 heteroatoms. The molecule has 3 aliphatic rings. The lowest BCUT2D eigenvalue weighted by Gasteiger charge is -2.38. The maximum Gasteiger partial charge on any atom is 0.225 e. The van der Waals surface area contributed by atoms with Crippen LogP contribution < -0.4 is 5.32 Å². The van der Waals surface area contributed by atoms with Crippen LogP contribution in [0.5, 0.6) is 0 Å². The van der Waals surface area contributed by atoms with E-state index in [4.69, 9.17) is 0 Å². The number of carbonyl (C=O) groups is 1. The predicted molar refractivity (Wildman–Crippen MR) is 76.9 cm³/mol. The highest BCUT2D eigenvalue weighted by Gasteiger charge is 2.38. The molecule has 2 unspecified atom stereocenters. The van der Waals surface area contributed by atoms with Gasteiger partial charge >= 0.3 is 0 Å². The van der Waals surface area contributed by atoms with E-state index in [1.807, 2.05) is 0 Å². The van der Waals surface area contributed by atoms with Gasteiger partial charge in [0.15, 0.2) is 0 Å². The zero-order chi connectivity index (χ0) is 13.4. The number of amides is 1. The van der Waals surface area contributed by atoms with Crippen LogP contribution in [0.4, 0.5) is 0 Å². The van der Waals surface area contributed by atoms with Gasteiger partial charge in [-0.15, -0.1) is 0 Å². The molecule has 3 rings (SSSR count). The molecular weight excluding hydrogens is 236 g/mol. The van der Waals surface area contributed by atoms with E-state index in [0.29, 0.717) is 30.0 Å². The van der Waals surface area contributed by atoms with Crippen molar-refractivity contribution in [3.05, 3.63) is 0 Å². The Morgan fingerprint density at radius 1 is 1.00 bits per heavy atom. The highest BCUT2D eigenvalue weighted by molar-refractivity contribution is 5.79. The van der Waals surface area contributed by atoms with Gasteiger partial charge in [-0.25, -0.2) is 0 Å². The fourth-order valence-corrected chi connectivity index (χ4v) is 4.32. The first-order chi connectivity index (χ1) is 9.13. The molecule has 2 aliphatic heterocycles. The van der Waals surface area contributed by atoms with E-state index < -0.39 is 0 Å². The topological polar surface area (TPSA) is 32.3 Å². The van der Waals surface area contributed by atoms with E-state index in [2.05, 4.69) is 24.2 Å². The second-order valence-corrected chi connectivity index (χ2v) is 7.17. The highest BCUT2D eigenvalue weighted by atomic mass is 16.2. The molecule has 108 valence electrons. The van der Waals surface area contributed by atoms with Crippen molar-refractivity contribution in [2.75, 3.05) is 7.05 Å². The van der Waals surface area contributed by atoms with E-state index in [1.54, 1.807) is 0 Å². The first-order valence-corrected chi connectivity index (χ1v) is 8.16. The number of hydrogen-bond donors (Lipinski definition) is 1. The maximum atomic E-state index is 12.6. The normalized spacial score (nSPS) is 42.1. The Hall–Kier alpha value is -0.570. The zero-order valence-electron chi connectivity index (χ0n) is 12.4. The molecule has 2 atom stereocenters. The summed E-state index contributed by atoms with van der Waals surface area (Å²) < 4.78 is 0. The molecule has 2 heterocycles. The average molecular weight is 264 g/mol. The third-order valence-electron chi connectivity index (χ3n) is 5.71. The van der Waals surface area contributed by atoms with E-state index >= 15 is 0 Å². The van der Waals surface area contributed by atoms with Gasteiger partial charge in [0.2, 0.25) is 5.91 Å². The average Bonchev–Trinajstić information content (AvgIpc) is 2.76. The van der Waals surface area contributed by atoms with E-state index in [1.165, 1.54) is 38.5 Å². The van der Waals surface area contributed by atoms with E-state index in [9.17, 15) is 4.79 Å². The summed E-state index contributed by atoms with van der Waals surface area (Å²) in [5.74, 6) is 1.57. The van der Waals surface area contributed by atoms with Crippen LogP contribution in [-0.2, 0) is 4.79 Å². The zero-order valence-corrected chi connectivity index (χ0v) is 12.4. The number of rotatable bonds is 2. The largest absolute Gasteiger partial charge is 0.342 e. The van der Waals surface area contributed by atoms with Crippen LogP contribution in [0.2, 0.25) is 0 Å². The van der Waals surface area contributed by atoms with Gasteiger partial charge in [0, 0.05) is 31.1 Å². The Balaban J connectivity index is 1.57. The third kappa shape index (κ3) is 2.81. The van der Waals surface area contributed by atoms with Crippen molar-refractivity contribution in [1.29, 1.82) is 0 Å². The summed E-state index contributed by atoms with van der Waals surface area (Å²) in [6.45, 7) is 2.31. The molecule has 1 amide bonds. The van der Waals surface area contributed by atoms with Crippen molar-refractivity contribution in [1.82, 2.24) is 10.2 Å². The molecule has 0 spiro atoms. The van der Waals surface area contributed by atoms with Crippen LogP contribution in [0.15, 0.2) is 0 Å². The minimum absolute atomic E-state index is 0.314. The van der Waals surface area contributed by atoms with Crippen molar-refractivity contribution >= 4 is 5.91 Å². The standard InChI is InChI=1S/C16H28N2O/c1-11-3-5-12(6-4-11)16(19)18(2)15-9-13-7-8-14(10-15)17-13/h11-15,17H,3-10H2,1-2H3. The molecule has 2 bridgehead atoms. The Kier molecular flexibility index (Phi) is 3.84. The fourth-order valence-electron chi connectivity index (χ4n) is 4.32. The first-order valence-electron chi connectivity index (χ1n) is 8.16. The second-order valence-electron chi connectivity index (χ2n) is 7.17. The van der Waals surface area contributed by atoms with Gasteiger partial charge in [-0.05, 0) is 57.3 Å². The van der Waals surface area contributed by atoms with Gasteiger partial charge in [0.1, 0.15) is 0 Å². The molecule has 3 nitrogen and oxygen atoms in total. The first kappa shape index (κ1) is 13.4. The molecule has 1 saturated carbocycles. The fraction of sp³-hybridized carbons (Fsp3) is 0.938. The van der Waals surface area contributed by atoms with Crippen LogP contribution >= 0.6 is 0 Å². The Labute approximate surface area is 117 Å². The van der Waals surface area contributed by atoms with Crippen LogP contribution in [0.3, 0.4) is 0 Å². The molecule has 0 aromatic heterocycles. The van der Waals surface area contributed by atoms with Crippen molar-refractivity contribution < 1.29 is 4.79 Å². The van der Waals surface area contributed by atoms with E-state index in [0.717, 1.165) is 18.8 Å². The Morgan fingerprint density at radius 2 is 1.58 bits per heavy atom. The molecule has 1 aliphatic carbocycles. The Bertz CT molecular complexity index is 324. The van der Waals surface area contributed by atoms with Crippen LogP contribution in [0.25, 0.3) is 0 Å². The number of hydrogen-bond acceptors (Lipinski definition) is 2. The van der Waals surface area contributed by atoms with E-state index in [-0.39, 0.29) is 0 Å². The lowest BCUT2D eigenvalue weighted by atomic mass is 9.82. The second kappa shape index (κ2) is 5.43. The SMILES string of the molecule is CC1CCC(C(=O)N(C)C2CC3CCC(C2)N3)CC1. The number of nitrogens with zero attached hydrogens (tertiary/aromatic N) is 1. The van der Waals surface area contributed by atoms with Crippen molar-refractivity contribution in [2.24, 2.45) is 11.8 Å².